The Hall–Kier alpha value is -0.563. The van der Waals surface area contributed by atoms with Gasteiger partial charge >= 0.3 is 0 Å². The van der Waals surface area contributed by atoms with E-state index in [2.05, 4.69) is 51.9 Å². The summed E-state index contributed by atoms with van der Waals surface area (Å²) >= 11 is 0. The van der Waals surface area contributed by atoms with E-state index in [4.69, 9.17) is 15.6 Å². The van der Waals surface area contributed by atoms with Crippen LogP contribution in [0.2, 0.25) is 18.1 Å². The molecule has 0 saturated heterocycles. The van der Waals surface area contributed by atoms with Crippen molar-refractivity contribution in [3.8, 4) is 12.3 Å². The van der Waals surface area contributed by atoms with Gasteiger partial charge in [-0.05, 0) is 18.1 Å². The number of rotatable bonds is 4. The minimum absolute atomic E-state index is 0.126. The summed E-state index contributed by atoms with van der Waals surface area (Å²) in [7, 11) is -1.68. The van der Waals surface area contributed by atoms with Gasteiger partial charge in [-0.25, -0.2) is 0 Å². The van der Waals surface area contributed by atoms with Gasteiger partial charge in [0.1, 0.15) is 6.61 Å². The van der Waals surface area contributed by atoms with E-state index >= 15 is 0 Å². The molecule has 2 atom stereocenters. The van der Waals surface area contributed by atoms with Crippen LogP contribution >= 0.6 is 0 Å². The lowest BCUT2D eigenvalue weighted by Gasteiger charge is -2.38. The predicted molar refractivity (Wildman–Crippen MR) is 74.4 cm³/mol. The molecular formula is C14H24O2Si. The van der Waals surface area contributed by atoms with Gasteiger partial charge in [0.25, 0.3) is 0 Å². The molecule has 0 fully saturated rings. The molecule has 0 amide bonds. The third kappa shape index (κ3) is 3.99. The average molecular weight is 252 g/mol. The molecule has 0 aromatic heterocycles. The molecule has 0 bridgehead atoms. The van der Waals surface area contributed by atoms with Crippen LogP contribution in [0.5, 0.6) is 0 Å². The lowest BCUT2D eigenvalue weighted by Crippen LogP contribution is -2.43. The van der Waals surface area contributed by atoms with E-state index in [1.165, 1.54) is 0 Å². The fourth-order valence-corrected chi connectivity index (χ4v) is 2.84. The predicted octanol–water partition coefficient (Wildman–Crippen LogP) is 3.36. The molecule has 1 aliphatic rings. The first kappa shape index (κ1) is 14.5. The number of hydrogen-bond donors (Lipinski definition) is 0. The largest absolute Gasteiger partial charge is 0.410 e. The smallest absolute Gasteiger partial charge is 0.192 e. The van der Waals surface area contributed by atoms with Gasteiger partial charge in [0.2, 0.25) is 0 Å². The summed E-state index contributed by atoms with van der Waals surface area (Å²) in [5.41, 5.74) is 0. The maximum absolute atomic E-state index is 6.29. The Kier molecular flexibility index (Phi) is 4.59. The lowest BCUT2D eigenvalue weighted by molar-refractivity contribution is 0.0880. The standard InChI is InChI=1S/C14H24O2Si/c1-7-10-15-12-8-9-13(11-12)16-17(5,6)14(2,3)4/h1,8-9,12-13H,10-11H2,2-6H3/t12-,13+/m1/s1. The quantitative estimate of drug-likeness (QED) is 0.434. The maximum atomic E-state index is 6.29. The summed E-state index contributed by atoms with van der Waals surface area (Å²) in [6.45, 7) is 11.7. The topological polar surface area (TPSA) is 18.5 Å². The van der Waals surface area contributed by atoms with Gasteiger partial charge < -0.3 is 9.16 Å². The monoisotopic (exact) mass is 252 g/mol. The normalized spacial score (nSPS) is 24.9. The molecule has 0 heterocycles. The fourth-order valence-electron chi connectivity index (χ4n) is 1.56. The first-order valence-electron chi connectivity index (χ1n) is 6.17. The second kappa shape index (κ2) is 5.39. The van der Waals surface area contributed by atoms with Crippen molar-refractivity contribution in [2.75, 3.05) is 6.61 Å². The third-order valence-electron chi connectivity index (χ3n) is 3.64. The van der Waals surface area contributed by atoms with Gasteiger partial charge in [-0.1, -0.05) is 38.8 Å². The molecule has 0 aromatic rings. The van der Waals surface area contributed by atoms with Crippen LogP contribution in [-0.2, 0) is 9.16 Å². The van der Waals surface area contributed by atoms with E-state index in [-0.39, 0.29) is 17.2 Å². The summed E-state index contributed by atoms with van der Waals surface area (Å²) < 4.78 is 11.8. The summed E-state index contributed by atoms with van der Waals surface area (Å²) in [4.78, 5) is 0. The molecule has 96 valence electrons. The number of hydrogen-bond acceptors (Lipinski definition) is 2. The van der Waals surface area contributed by atoms with Crippen LogP contribution in [0, 0.1) is 12.3 Å². The summed E-state index contributed by atoms with van der Waals surface area (Å²) in [5.74, 6) is 2.49. The second-order valence-corrected chi connectivity index (χ2v) is 10.8. The van der Waals surface area contributed by atoms with Crippen molar-refractivity contribution in [1.29, 1.82) is 0 Å². The zero-order valence-corrected chi connectivity index (χ0v) is 12.6. The summed E-state index contributed by atoms with van der Waals surface area (Å²) in [6.07, 6.45) is 10.6. The van der Waals surface area contributed by atoms with E-state index in [9.17, 15) is 0 Å². The average Bonchev–Trinajstić information content (AvgIpc) is 2.60. The molecule has 1 aliphatic carbocycles. The minimum atomic E-state index is -1.68. The molecular weight excluding hydrogens is 228 g/mol. The van der Waals surface area contributed by atoms with Crippen LogP contribution in [0.15, 0.2) is 12.2 Å². The minimum Gasteiger partial charge on any atom is -0.410 e. The van der Waals surface area contributed by atoms with Crippen LogP contribution in [0.1, 0.15) is 27.2 Å². The molecule has 0 saturated carbocycles. The molecule has 1 rings (SSSR count). The van der Waals surface area contributed by atoms with Crippen molar-refractivity contribution in [2.24, 2.45) is 0 Å². The van der Waals surface area contributed by atoms with Crippen molar-refractivity contribution >= 4 is 8.32 Å². The Morgan fingerprint density at radius 3 is 2.41 bits per heavy atom. The van der Waals surface area contributed by atoms with E-state index in [0.29, 0.717) is 6.61 Å². The Morgan fingerprint density at radius 1 is 1.29 bits per heavy atom. The van der Waals surface area contributed by atoms with Gasteiger partial charge in [-0.2, -0.15) is 0 Å². The highest BCUT2D eigenvalue weighted by Crippen LogP contribution is 2.38. The second-order valence-electron chi connectivity index (χ2n) is 6.09. The summed E-state index contributed by atoms with van der Waals surface area (Å²) in [6, 6.07) is 0. The van der Waals surface area contributed by atoms with Gasteiger partial charge in [0.05, 0.1) is 12.2 Å². The Labute approximate surface area is 107 Å². The fraction of sp³-hybridized carbons (Fsp3) is 0.714. The first-order chi connectivity index (χ1) is 7.76. The van der Waals surface area contributed by atoms with Crippen LogP contribution in [0.4, 0.5) is 0 Å². The molecule has 0 aromatic carbocycles. The molecule has 0 unspecified atom stereocenters. The van der Waals surface area contributed by atoms with Crippen molar-refractivity contribution in [1.82, 2.24) is 0 Å². The van der Waals surface area contributed by atoms with Crippen LogP contribution < -0.4 is 0 Å². The lowest BCUT2D eigenvalue weighted by atomic mass is 10.2. The van der Waals surface area contributed by atoms with Crippen molar-refractivity contribution in [2.45, 2.75) is 57.5 Å². The van der Waals surface area contributed by atoms with Gasteiger partial charge in [0.15, 0.2) is 8.32 Å². The van der Waals surface area contributed by atoms with Gasteiger partial charge in [0, 0.05) is 6.42 Å². The molecule has 0 radical (unpaired) electrons. The third-order valence-corrected chi connectivity index (χ3v) is 8.14. The number of terminal acetylenes is 1. The van der Waals surface area contributed by atoms with E-state index in [1.807, 2.05) is 0 Å². The first-order valence-corrected chi connectivity index (χ1v) is 9.08. The van der Waals surface area contributed by atoms with Crippen LogP contribution in [0.3, 0.4) is 0 Å². The molecule has 0 N–H and O–H groups in total. The zero-order valence-electron chi connectivity index (χ0n) is 11.6. The van der Waals surface area contributed by atoms with Crippen LogP contribution in [0.25, 0.3) is 0 Å². The van der Waals surface area contributed by atoms with E-state index in [1.54, 1.807) is 0 Å². The van der Waals surface area contributed by atoms with Crippen molar-refractivity contribution in [3.05, 3.63) is 12.2 Å². The molecule has 17 heavy (non-hydrogen) atoms. The van der Waals surface area contributed by atoms with Gasteiger partial charge in [-0.3, -0.25) is 0 Å². The molecule has 0 aliphatic heterocycles. The molecule has 0 spiro atoms. The molecule has 2 nitrogen and oxygen atoms in total. The van der Waals surface area contributed by atoms with Crippen LogP contribution in [-0.4, -0.2) is 27.1 Å². The Morgan fingerprint density at radius 2 is 1.88 bits per heavy atom. The highest BCUT2D eigenvalue weighted by Gasteiger charge is 2.39. The zero-order chi connectivity index (χ0) is 13.1. The van der Waals surface area contributed by atoms with E-state index in [0.717, 1.165) is 6.42 Å². The van der Waals surface area contributed by atoms with E-state index < -0.39 is 8.32 Å². The summed E-state index contributed by atoms with van der Waals surface area (Å²) in [5, 5.41) is 0.249. The highest BCUT2D eigenvalue weighted by atomic mass is 28.4. The Balaban J connectivity index is 2.47. The Bertz CT molecular complexity index is 320. The highest BCUT2D eigenvalue weighted by molar-refractivity contribution is 6.74. The molecule has 3 heteroatoms. The number of ether oxygens (including phenoxy) is 1. The van der Waals surface area contributed by atoms with Gasteiger partial charge in [-0.15, -0.1) is 6.42 Å². The SMILES string of the molecule is C#CCO[C@@H]1C=C[C@H](O[Si](C)(C)C(C)(C)C)C1. The van der Waals surface area contributed by atoms with Crippen molar-refractivity contribution < 1.29 is 9.16 Å². The van der Waals surface area contributed by atoms with Crippen molar-refractivity contribution in [3.63, 3.8) is 0 Å². The maximum Gasteiger partial charge on any atom is 0.192 e.